The van der Waals surface area contributed by atoms with Crippen LogP contribution < -0.4 is 21.6 Å². The number of ether oxygens (including phenoxy) is 1. The van der Waals surface area contributed by atoms with Crippen molar-refractivity contribution in [1.82, 2.24) is 4.57 Å². The predicted molar refractivity (Wildman–Crippen MR) is 82.3 cm³/mol. The summed E-state index contributed by atoms with van der Waals surface area (Å²) in [7, 11) is 0. The van der Waals surface area contributed by atoms with Crippen LogP contribution >= 0.6 is 0 Å². The molecule has 0 aliphatic heterocycles. The van der Waals surface area contributed by atoms with Crippen molar-refractivity contribution in [3.8, 4) is 5.75 Å². The minimum Gasteiger partial charge on any atom is -0.486 e. The van der Waals surface area contributed by atoms with Crippen LogP contribution in [-0.2, 0) is 0 Å². The lowest BCUT2D eigenvalue weighted by molar-refractivity contribution is 0.0695. The number of hydrogen-bond donors (Lipinski definition) is 3. The molecule has 0 bridgehead atoms. The summed E-state index contributed by atoms with van der Waals surface area (Å²) in [6.45, 7) is -0.107. The average Bonchev–Trinajstić information content (AvgIpc) is 3.36. The van der Waals surface area contributed by atoms with Gasteiger partial charge < -0.3 is 25.9 Å². The number of benzene rings is 1. The number of nitrogens with two attached hydrogens (primary N) is 2. The Kier molecular flexibility index (Phi) is 3.88. The van der Waals surface area contributed by atoms with Crippen molar-refractivity contribution in [2.24, 2.45) is 5.73 Å². The van der Waals surface area contributed by atoms with Crippen molar-refractivity contribution in [3.05, 3.63) is 33.6 Å². The maximum Gasteiger partial charge on any atom is 0.341 e. The van der Waals surface area contributed by atoms with E-state index in [1.54, 1.807) is 0 Å². The molecular formula is C15H15F2N3O4. The van der Waals surface area contributed by atoms with Crippen LogP contribution in [0.1, 0.15) is 29.2 Å². The van der Waals surface area contributed by atoms with E-state index in [2.05, 4.69) is 0 Å². The molecule has 5 N–H and O–H groups in total. The number of carboxylic acids is 1. The Balaban J connectivity index is 2.44. The number of pyridine rings is 1. The van der Waals surface area contributed by atoms with E-state index in [1.165, 1.54) is 4.57 Å². The van der Waals surface area contributed by atoms with E-state index in [4.69, 9.17) is 16.2 Å². The lowest BCUT2D eigenvalue weighted by atomic mass is 10.1. The van der Waals surface area contributed by atoms with Gasteiger partial charge in [-0.3, -0.25) is 4.79 Å². The van der Waals surface area contributed by atoms with Gasteiger partial charge in [0.05, 0.1) is 16.6 Å². The topological polar surface area (TPSA) is 121 Å². The van der Waals surface area contributed by atoms with Crippen LogP contribution in [0, 0.1) is 11.6 Å². The lowest BCUT2D eigenvalue weighted by Crippen LogP contribution is -2.22. The molecule has 2 aromatic rings. The number of anilines is 1. The second-order valence-electron chi connectivity index (χ2n) is 5.55. The van der Waals surface area contributed by atoms with Crippen LogP contribution in [0.15, 0.2) is 11.0 Å². The Labute approximate surface area is 134 Å². The largest absolute Gasteiger partial charge is 0.486 e. The van der Waals surface area contributed by atoms with Crippen LogP contribution in [0.3, 0.4) is 0 Å². The third-order valence-electron chi connectivity index (χ3n) is 3.88. The highest BCUT2D eigenvalue weighted by atomic mass is 19.1. The first kappa shape index (κ1) is 16.2. The Morgan fingerprint density at radius 2 is 2.04 bits per heavy atom. The molecule has 0 unspecified atom stereocenters. The zero-order chi connectivity index (χ0) is 17.6. The number of rotatable bonds is 5. The van der Waals surface area contributed by atoms with E-state index in [9.17, 15) is 23.5 Å². The van der Waals surface area contributed by atoms with E-state index >= 15 is 0 Å². The van der Waals surface area contributed by atoms with Crippen molar-refractivity contribution < 1.29 is 23.4 Å². The Bertz CT molecular complexity index is 906. The molecule has 0 saturated heterocycles. The molecule has 0 spiro atoms. The molecule has 0 atom stereocenters. The number of carboxylic acid groups (broad SMARTS) is 1. The molecule has 3 rings (SSSR count). The number of nitrogens with zero attached hydrogens (tertiary/aromatic N) is 1. The van der Waals surface area contributed by atoms with Crippen LogP contribution in [-0.4, -0.2) is 28.8 Å². The summed E-state index contributed by atoms with van der Waals surface area (Å²) >= 11 is 0. The van der Waals surface area contributed by atoms with Crippen molar-refractivity contribution in [2.75, 3.05) is 18.9 Å². The summed E-state index contributed by atoms with van der Waals surface area (Å²) < 4.78 is 35.5. The highest BCUT2D eigenvalue weighted by molar-refractivity contribution is 5.98. The van der Waals surface area contributed by atoms with Crippen molar-refractivity contribution in [1.29, 1.82) is 0 Å². The maximum absolute atomic E-state index is 14.8. The fraction of sp³-hybridized carbons (Fsp3) is 0.333. The molecule has 0 radical (unpaired) electrons. The number of aromatic carboxylic acids is 1. The third-order valence-corrected chi connectivity index (χ3v) is 3.88. The second kappa shape index (κ2) is 5.75. The van der Waals surface area contributed by atoms with Crippen LogP contribution in [0.25, 0.3) is 10.9 Å². The van der Waals surface area contributed by atoms with Gasteiger partial charge in [-0.2, -0.15) is 0 Å². The number of nitrogen functional groups attached to an aromatic ring is 1. The number of hydrogen-bond acceptors (Lipinski definition) is 5. The van der Waals surface area contributed by atoms with Gasteiger partial charge in [-0.05, 0) is 12.8 Å². The molecule has 1 fully saturated rings. The molecule has 1 heterocycles. The first-order chi connectivity index (χ1) is 11.4. The highest BCUT2D eigenvalue weighted by Crippen LogP contribution is 2.41. The van der Waals surface area contributed by atoms with E-state index in [1.807, 2.05) is 0 Å². The molecule has 1 saturated carbocycles. The molecule has 24 heavy (non-hydrogen) atoms. The normalized spacial score (nSPS) is 14.1. The first-order valence-electron chi connectivity index (χ1n) is 7.29. The van der Waals surface area contributed by atoms with Gasteiger partial charge in [0.1, 0.15) is 12.2 Å². The van der Waals surface area contributed by atoms with Gasteiger partial charge in [0.25, 0.3) is 0 Å². The zero-order valence-electron chi connectivity index (χ0n) is 12.5. The zero-order valence-corrected chi connectivity index (χ0v) is 12.5. The van der Waals surface area contributed by atoms with Crippen LogP contribution in [0.2, 0.25) is 0 Å². The molecule has 1 aliphatic carbocycles. The molecule has 7 nitrogen and oxygen atoms in total. The molecule has 9 heteroatoms. The van der Waals surface area contributed by atoms with E-state index in [-0.39, 0.29) is 24.7 Å². The van der Waals surface area contributed by atoms with Gasteiger partial charge in [-0.1, -0.05) is 0 Å². The summed E-state index contributed by atoms with van der Waals surface area (Å²) in [5.74, 6) is -4.54. The van der Waals surface area contributed by atoms with Crippen molar-refractivity contribution in [2.45, 2.75) is 18.9 Å². The number of fused-ring (bicyclic) bond motifs is 1. The van der Waals surface area contributed by atoms with E-state index < -0.39 is 45.4 Å². The Morgan fingerprint density at radius 3 is 2.58 bits per heavy atom. The fourth-order valence-corrected chi connectivity index (χ4v) is 2.62. The summed E-state index contributed by atoms with van der Waals surface area (Å²) in [5.41, 5.74) is 8.42. The third kappa shape index (κ3) is 2.37. The fourth-order valence-electron chi connectivity index (χ4n) is 2.62. The number of carbonyl (C=O) groups is 1. The molecule has 1 aromatic heterocycles. The summed E-state index contributed by atoms with van der Waals surface area (Å²) in [5, 5.41) is 8.68. The van der Waals surface area contributed by atoms with Gasteiger partial charge in [0, 0.05) is 18.8 Å². The molecule has 0 amide bonds. The Morgan fingerprint density at radius 1 is 1.38 bits per heavy atom. The molecular weight excluding hydrogens is 324 g/mol. The summed E-state index contributed by atoms with van der Waals surface area (Å²) in [6.07, 6.45) is 2.44. The van der Waals surface area contributed by atoms with Gasteiger partial charge >= 0.3 is 5.97 Å². The number of aromatic nitrogens is 1. The van der Waals surface area contributed by atoms with Gasteiger partial charge in [0.2, 0.25) is 5.43 Å². The molecule has 1 aliphatic rings. The molecule has 1 aromatic carbocycles. The van der Waals surface area contributed by atoms with Crippen molar-refractivity contribution in [3.63, 3.8) is 0 Å². The summed E-state index contributed by atoms with van der Waals surface area (Å²) in [4.78, 5) is 23.6. The van der Waals surface area contributed by atoms with Gasteiger partial charge in [-0.15, -0.1) is 0 Å². The first-order valence-corrected chi connectivity index (χ1v) is 7.29. The predicted octanol–water partition coefficient (Wildman–Crippen LogP) is 1.23. The van der Waals surface area contributed by atoms with Crippen LogP contribution in [0.4, 0.5) is 14.5 Å². The minimum absolute atomic E-state index is 0.0319. The van der Waals surface area contributed by atoms with Gasteiger partial charge in [-0.25, -0.2) is 13.6 Å². The molecule has 128 valence electrons. The standard InChI is InChI=1S/C15H15F2N3O4/c16-9-11(19)8-12(10(17)14(9)24-4-3-18)20(6-1-2-6)5-7(13(8)21)15(22)23/h5-6H,1-4,18-19H2,(H,22,23). The van der Waals surface area contributed by atoms with Crippen LogP contribution in [0.5, 0.6) is 5.75 Å². The number of halogens is 2. The SMILES string of the molecule is NCCOc1c(F)c(N)c2c(=O)c(C(=O)O)cn(C3CC3)c2c1F. The van der Waals surface area contributed by atoms with E-state index in [0.717, 1.165) is 6.20 Å². The highest BCUT2D eigenvalue weighted by Gasteiger charge is 2.32. The second-order valence-corrected chi connectivity index (χ2v) is 5.55. The maximum atomic E-state index is 14.8. The minimum atomic E-state index is -1.49. The quantitative estimate of drug-likeness (QED) is 0.705. The monoisotopic (exact) mass is 339 g/mol. The lowest BCUT2D eigenvalue weighted by Gasteiger charge is -2.17. The smallest absolute Gasteiger partial charge is 0.341 e. The van der Waals surface area contributed by atoms with Crippen molar-refractivity contribution >= 4 is 22.6 Å². The average molecular weight is 339 g/mol. The Hall–Kier alpha value is -2.68. The summed E-state index contributed by atoms with van der Waals surface area (Å²) in [6, 6.07) is -0.173. The van der Waals surface area contributed by atoms with E-state index in [0.29, 0.717) is 12.8 Å². The van der Waals surface area contributed by atoms with Gasteiger partial charge in [0.15, 0.2) is 17.4 Å².